The van der Waals surface area contributed by atoms with Gasteiger partial charge in [-0.25, -0.2) is 0 Å². The molecule has 2 N–H and O–H groups in total. The van der Waals surface area contributed by atoms with E-state index in [0.717, 1.165) is 12.8 Å². The second kappa shape index (κ2) is 5.17. The smallest absolute Gasteiger partial charge is 0.223 e. The van der Waals surface area contributed by atoms with Gasteiger partial charge < -0.3 is 10.4 Å². The molecular formula is C13H25NO2. The fraction of sp³-hybridized carbons (Fsp3) is 0.923. The first-order valence-corrected chi connectivity index (χ1v) is 6.26. The summed E-state index contributed by atoms with van der Waals surface area (Å²) in [5.74, 6) is 0.851. The van der Waals surface area contributed by atoms with Gasteiger partial charge in [-0.2, -0.15) is 0 Å². The highest BCUT2D eigenvalue weighted by Gasteiger charge is 2.35. The summed E-state index contributed by atoms with van der Waals surface area (Å²) >= 11 is 0. The average Bonchev–Trinajstić information content (AvgIpc) is 2.10. The molecule has 3 unspecified atom stereocenters. The van der Waals surface area contributed by atoms with Crippen LogP contribution in [0.5, 0.6) is 0 Å². The molecule has 0 aliphatic heterocycles. The van der Waals surface area contributed by atoms with Crippen molar-refractivity contribution in [1.29, 1.82) is 0 Å². The SMILES string of the molecule is CC(O)CNC(=O)C1CC(C)CC(C)(C)C1. The summed E-state index contributed by atoms with van der Waals surface area (Å²) in [5, 5.41) is 12.0. The highest BCUT2D eigenvalue weighted by atomic mass is 16.3. The molecule has 0 aromatic carbocycles. The molecule has 0 radical (unpaired) electrons. The maximum Gasteiger partial charge on any atom is 0.223 e. The molecule has 94 valence electrons. The lowest BCUT2D eigenvalue weighted by Gasteiger charge is -2.38. The zero-order valence-corrected chi connectivity index (χ0v) is 10.9. The fourth-order valence-electron chi connectivity index (χ4n) is 2.94. The van der Waals surface area contributed by atoms with Crippen molar-refractivity contribution in [1.82, 2.24) is 5.32 Å². The van der Waals surface area contributed by atoms with Crippen LogP contribution in [-0.2, 0) is 4.79 Å². The third-order valence-electron chi connectivity index (χ3n) is 3.33. The van der Waals surface area contributed by atoms with Crippen molar-refractivity contribution in [2.45, 2.75) is 53.1 Å². The Bertz CT molecular complexity index is 248. The van der Waals surface area contributed by atoms with Crippen LogP contribution in [0.4, 0.5) is 0 Å². The second-order valence-corrected chi connectivity index (χ2v) is 6.20. The Kier molecular flexibility index (Phi) is 4.36. The molecule has 1 saturated carbocycles. The maximum atomic E-state index is 11.9. The molecule has 0 spiro atoms. The van der Waals surface area contributed by atoms with Crippen molar-refractivity contribution < 1.29 is 9.90 Å². The molecule has 0 aromatic heterocycles. The van der Waals surface area contributed by atoms with Gasteiger partial charge in [0.05, 0.1) is 6.10 Å². The lowest BCUT2D eigenvalue weighted by atomic mass is 9.68. The molecule has 16 heavy (non-hydrogen) atoms. The van der Waals surface area contributed by atoms with Crippen molar-refractivity contribution >= 4 is 5.91 Å². The van der Waals surface area contributed by atoms with Gasteiger partial charge in [-0.05, 0) is 37.5 Å². The Morgan fingerprint density at radius 1 is 1.50 bits per heavy atom. The summed E-state index contributed by atoms with van der Waals surface area (Å²) in [5.41, 5.74) is 0.268. The van der Waals surface area contributed by atoms with E-state index in [-0.39, 0.29) is 17.2 Å². The molecule has 3 heteroatoms. The third kappa shape index (κ3) is 4.12. The van der Waals surface area contributed by atoms with Gasteiger partial charge in [0.25, 0.3) is 0 Å². The lowest BCUT2D eigenvalue weighted by Crippen LogP contribution is -2.40. The minimum absolute atomic E-state index is 0.112. The molecule has 1 aliphatic rings. The van der Waals surface area contributed by atoms with Crippen molar-refractivity contribution in [3.8, 4) is 0 Å². The van der Waals surface area contributed by atoms with E-state index < -0.39 is 6.10 Å². The molecule has 3 nitrogen and oxygen atoms in total. The molecule has 1 rings (SSSR count). The number of hydrogen-bond donors (Lipinski definition) is 2. The van der Waals surface area contributed by atoms with Gasteiger partial charge in [-0.15, -0.1) is 0 Å². The van der Waals surface area contributed by atoms with E-state index in [9.17, 15) is 4.79 Å². The van der Waals surface area contributed by atoms with Crippen LogP contribution in [0, 0.1) is 17.3 Å². The number of aliphatic hydroxyl groups is 1. The molecule has 1 aliphatic carbocycles. The van der Waals surface area contributed by atoms with Gasteiger partial charge in [0.1, 0.15) is 0 Å². The Balaban J connectivity index is 2.49. The number of aliphatic hydroxyl groups excluding tert-OH is 1. The molecule has 1 fully saturated rings. The van der Waals surface area contributed by atoms with Crippen LogP contribution < -0.4 is 5.32 Å². The highest BCUT2D eigenvalue weighted by molar-refractivity contribution is 5.78. The minimum atomic E-state index is -0.460. The Morgan fingerprint density at radius 2 is 2.12 bits per heavy atom. The Morgan fingerprint density at radius 3 is 2.62 bits per heavy atom. The van der Waals surface area contributed by atoms with Crippen LogP contribution in [0.15, 0.2) is 0 Å². The molecular weight excluding hydrogens is 202 g/mol. The van der Waals surface area contributed by atoms with E-state index in [4.69, 9.17) is 5.11 Å². The summed E-state index contributed by atoms with van der Waals surface area (Å²) in [6.07, 6.45) is 2.68. The van der Waals surface area contributed by atoms with Crippen LogP contribution >= 0.6 is 0 Å². The number of amides is 1. The molecule has 0 bridgehead atoms. The van der Waals surface area contributed by atoms with Crippen LogP contribution in [-0.4, -0.2) is 23.7 Å². The summed E-state index contributed by atoms with van der Waals surface area (Å²) < 4.78 is 0. The van der Waals surface area contributed by atoms with Gasteiger partial charge in [-0.1, -0.05) is 20.8 Å². The van der Waals surface area contributed by atoms with E-state index >= 15 is 0 Å². The average molecular weight is 227 g/mol. The summed E-state index contributed by atoms with van der Waals surface area (Å²) in [7, 11) is 0. The first kappa shape index (κ1) is 13.5. The first-order chi connectivity index (χ1) is 7.30. The van der Waals surface area contributed by atoms with Crippen LogP contribution in [0.1, 0.15) is 47.0 Å². The summed E-state index contributed by atoms with van der Waals surface area (Å²) in [4.78, 5) is 11.9. The standard InChI is InChI=1S/C13H25NO2/c1-9-5-11(7-13(3,4)6-9)12(16)14-8-10(2)15/h9-11,15H,5-8H2,1-4H3,(H,14,16). The third-order valence-corrected chi connectivity index (χ3v) is 3.33. The van der Waals surface area contributed by atoms with Crippen LogP contribution in [0.2, 0.25) is 0 Å². The number of carbonyl (C=O) groups excluding carboxylic acids is 1. The van der Waals surface area contributed by atoms with Crippen molar-refractivity contribution in [3.05, 3.63) is 0 Å². The predicted octanol–water partition coefficient (Wildman–Crippen LogP) is 1.95. The second-order valence-electron chi connectivity index (χ2n) is 6.20. The number of nitrogens with one attached hydrogen (secondary N) is 1. The first-order valence-electron chi connectivity index (χ1n) is 6.26. The van der Waals surface area contributed by atoms with E-state index in [1.54, 1.807) is 6.92 Å². The van der Waals surface area contributed by atoms with Gasteiger partial charge in [0.15, 0.2) is 0 Å². The molecule has 0 aromatic rings. The molecule has 0 heterocycles. The molecule has 0 saturated heterocycles. The number of carbonyl (C=O) groups is 1. The van der Waals surface area contributed by atoms with Gasteiger partial charge >= 0.3 is 0 Å². The van der Waals surface area contributed by atoms with Gasteiger partial charge in [-0.3, -0.25) is 4.79 Å². The van der Waals surface area contributed by atoms with E-state index in [1.165, 1.54) is 6.42 Å². The topological polar surface area (TPSA) is 49.3 Å². The van der Waals surface area contributed by atoms with E-state index in [2.05, 4.69) is 26.1 Å². The van der Waals surface area contributed by atoms with Gasteiger partial charge in [0, 0.05) is 12.5 Å². The Labute approximate surface area is 98.6 Å². The zero-order valence-electron chi connectivity index (χ0n) is 10.9. The predicted molar refractivity (Wildman–Crippen MR) is 65.0 cm³/mol. The van der Waals surface area contributed by atoms with Gasteiger partial charge in [0.2, 0.25) is 5.91 Å². The largest absolute Gasteiger partial charge is 0.392 e. The van der Waals surface area contributed by atoms with Crippen molar-refractivity contribution in [2.75, 3.05) is 6.54 Å². The van der Waals surface area contributed by atoms with Crippen molar-refractivity contribution in [2.24, 2.45) is 17.3 Å². The Hall–Kier alpha value is -0.570. The van der Waals surface area contributed by atoms with E-state index in [1.807, 2.05) is 0 Å². The highest BCUT2D eigenvalue weighted by Crippen LogP contribution is 2.41. The number of rotatable bonds is 3. The monoisotopic (exact) mass is 227 g/mol. The zero-order chi connectivity index (χ0) is 12.3. The van der Waals surface area contributed by atoms with E-state index in [0.29, 0.717) is 12.5 Å². The maximum absolute atomic E-state index is 11.9. The quantitative estimate of drug-likeness (QED) is 0.774. The summed E-state index contributed by atoms with van der Waals surface area (Å²) in [6, 6.07) is 0. The van der Waals surface area contributed by atoms with Crippen LogP contribution in [0.3, 0.4) is 0 Å². The number of hydrogen-bond acceptors (Lipinski definition) is 2. The molecule has 3 atom stereocenters. The summed E-state index contributed by atoms with van der Waals surface area (Å²) in [6.45, 7) is 8.74. The lowest BCUT2D eigenvalue weighted by molar-refractivity contribution is -0.128. The van der Waals surface area contributed by atoms with Crippen molar-refractivity contribution in [3.63, 3.8) is 0 Å². The minimum Gasteiger partial charge on any atom is -0.392 e. The van der Waals surface area contributed by atoms with Crippen LogP contribution in [0.25, 0.3) is 0 Å². The molecule has 1 amide bonds. The normalized spacial score (nSPS) is 30.8. The fourth-order valence-corrected chi connectivity index (χ4v) is 2.94.